The number of piperidine rings is 1. The Labute approximate surface area is 162 Å². The van der Waals surface area contributed by atoms with Crippen LogP contribution in [0.2, 0.25) is 0 Å². The Balaban J connectivity index is 1.72. The molecule has 0 aromatic carbocycles. The topological polar surface area (TPSA) is 134 Å². The fourth-order valence-electron chi connectivity index (χ4n) is 3.55. The van der Waals surface area contributed by atoms with Crippen molar-refractivity contribution in [3.8, 4) is 11.9 Å². The highest BCUT2D eigenvalue weighted by Gasteiger charge is 2.27. The maximum atomic E-state index is 12.3. The molecule has 28 heavy (non-hydrogen) atoms. The van der Waals surface area contributed by atoms with Crippen LogP contribution in [0.15, 0.2) is 4.79 Å². The Morgan fingerprint density at radius 2 is 2.11 bits per heavy atom. The standard InChI is InChI=1S/C18H27N5O5/c1-2-3-11-28-17-20-14-13(15(24)21-17)19-18(27)23(14)10-6-9-22-8-5-4-7-12(22)16(25)26/h12H,2-11H2,1H3,(H,19,27)(H,25,26)(H,20,21,24). The summed E-state index contributed by atoms with van der Waals surface area (Å²) in [5.41, 5.74) is 0.0744. The van der Waals surface area contributed by atoms with Crippen molar-refractivity contribution in [3.05, 3.63) is 10.5 Å². The fraction of sp³-hybridized carbons (Fsp3) is 0.667. The highest BCUT2D eigenvalue weighted by atomic mass is 16.5. The Morgan fingerprint density at radius 1 is 1.29 bits per heavy atom. The van der Waals surface area contributed by atoms with Crippen LogP contribution < -0.4 is 10.4 Å². The number of aryl methyl sites for hydroxylation is 1. The largest absolute Gasteiger partial charge is 0.492 e. The monoisotopic (exact) mass is 393 g/mol. The molecule has 2 aromatic rings. The summed E-state index contributed by atoms with van der Waals surface area (Å²) in [6.45, 7) is 4.14. The van der Waals surface area contributed by atoms with Gasteiger partial charge in [0.15, 0.2) is 5.65 Å². The van der Waals surface area contributed by atoms with Crippen LogP contribution in [0.1, 0.15) is 45.4 Å². The number of aromatic hydroxyl groups is 1. The van der Waals surface area contributed by atoms with E-state index in [-0.39, 0.29) is 23.1 Å². The zero-order chi connectivity index (χ0) is 20.1. The zero-order valence-electron chi connectivity index (χ0n) is 16.1. The molecule has 2 aromatic heterocycles. The van der Waals surface area contributed by atoms with Gasteiger partial charge in [-0.05, 0) is 32.2 Å². The lowest BCUT2D eigenvalue weighted by Crippen LogP contribution is -2.45. The first-order valence-electron chi connectivity index (χ1n) is 9.80. The van der Waals surface area contributed by atoms with Crippen molar-refractivity contribution < 1.29 is 19.7 Å². The first kappa shape index (κ1) is 20.1. The molecule has 1 unspecified atom stereocenters. The minimum atomic E-state index is -0.796. The molecule has 0 radical (unpaired) electrons. The van der Waals surface area contributed by atoms with Crippen molar-refractivity contribution in [1.82, 2.24) is 24.4 Å². The minimum absolute atomic E-state index is 0.0353. The number of aromatic nitrogens is 4. The van der Waals surface area contributed by atoms with Crippen LogP contribution in [0.4, 0.5) is 0 Å². The molecule has 0 bridgehead atoms. The number of carboxylic acids is 1. The average molecular weight is 393 g/mol. The van der Waals surface area contributed by atoms with E-state index in [1.807, 2.05) is 11.8 Å². The maximum absolute atomic E-state index is 12.3. The van der Waals surface area contributed by atoms with Crippen molar-refractivity contribution in [2.45, 2.75) is 58.0 Å². The van der Waals surface area contributed by atoms with Crippen LogP contribution in [-0.4, -0.2) is 66.3 Å². The van der Waals surface area contributed by atoms with Crippen molar-refractivity contribution in [2.75, 3.05) is 19.7 Å². The Kier molecular flexibility index (Phi) is 6.50. The Morgan fingerprint density at radius 3 is 2.86 bits per heavy atom. The second-order valence-corrected chi connectivity index (χ2v) is 7.05. The van der Waals surface area contributed by atoms with Gasteiger partial charge in [-0.1, -0.05) is 19.8 Å². The van der Waals surface area contributed by atoms with Gasteiger partial charge in [0.1, 0.15) is 11.6 Å². The van der Waals surface area contributed by atoms with Crippen molar-refractivity contribution in [2.24, 2.45) is 0 Å². The smallest absolute Gasteiger partial charge is 0.327 e. The summed E-state index contributed by atoms with van der Waals surface area (Å²) < 4.78 is 6.89. The van der Waals surface area contributed by atoms with Gasteiger partial charge >= 0.3 is 17.7 Å². The number of fused-ring (bicyclic) bond motifs is 1. The number of unbranched alkanes of at least 4 members (excludes halogenated alkanes) is 1. The van der Waals surface area contributed by atoms with Crippen LogP contribution >= 0.6 is 0 Å². The van der Waals surface area contributed by atoms with E-state index in [1.165, 1.54) is 4.57 Å². The maximum Gasteiger partial charge on any atom is 0.327 e. The first-order chi connectivity index (χ1) is 13.5. The predicted octanol–water partition coefficient (Wildman–Crippen LogP) is 1.33. The summed E-state index contributed by atoms with van der Waals surface area (Å²) in [5.74, 6) is -1.12. The number of hydrogen-bond acceptors (Lipinski definition) is 7. The molecule has 1 saturated heterocycles. The van der Waals surface area contributed by atoms with E-state index in [1.54, 1.807) is 0 Å². The number of nitrogens with one attached hydrogen (secondary N) is 1. The van der Waals surface area contributed by atoms with Gasteiger partial charge in [-0.2, -0.15) is 9.97 Å². The lowest BCUT2D eigenvalue weighted by molar-refractivity contribution is -0.144. The number of H-pyrrole nitrogens is 1. The summed E-state index contributed by atoms with van der Waals surface area (Å²) in [5, 5.41) is 19.5. The van der Waals surface area contributed by atoms with Gasteiger partial charge in [0.25, 0.3) is 0 Å². The van der Waals surface area contributed by atoms with Crippen molar-refractivity contribution >= 4 is 17.1 Å². The second-order valence-electron chi connectivity index (χ2n) is 7.05. The number of aliphatic carboxylic acids is 1. The quantitative estimate of drug-likeness (QED) is 0.543. The molecule has 1 aliphatic heterocycles. The van der Waals surface area contributed by atoms with Crippen LogP contribution in [0.3, 0.4) is 0 Å². The number of carbonyl (C=O) groups is 1. The zero-order valence-corrected chi connectivity index (χ0v) is 16.1. The molecule has 1 aliphatic rings. The van der Waals surface area contributed by atoms with Gasteiger partial charge in [-0.3, -0.25) is 19.2 Å². The summed E-state index contributed by atoms with van der Waals surface area (Å²) in [4.78, 5) is 36.4. The SMILES string of the molecule is CCCCOc1nc(O)c2[nH]c(=O)n(CCCN3CCCCC3C(=O)O)c2n1. The molecule has 10 nitrogen and oxygen atoms in total. The molecule has 3 heterocycles. The number of aromatic amines is 1. The van der Waals surface area contributed by atoms with Crippen molar-refractivity contribution in [3.63, 3.8) is 0 Å². The molecule has 154 valence electrons. The molecule has 3 rings (SSSR count). The second kappa shape index (κ2) is 9.05. The normalized spacial score (nSPS) is 17.8. The van der Waals surface area contributed by atoms with E-state index >= 15 is 0 Å². The number of nitrogens with zero attached hydrogens (tertiary/aromatic N) is 4. The number of carboxylic acid groups (broad SMARTS) is 1. The third kappa shape index (κ3) is 4.44. The number of ether oxygens (including phenoxy) is 1. The minimum Gasteiger partial charge on any atom is -0.492 e. The molecule has 0 saturated carbocycles. The lowest BCUT2D eigenvalue weighted by Gasteiger charge is -2.32. The molecule has 0 spiro atoms. The van der Waals surface area contributed by atoms with Crippen LogP contribution in [0.5, 0.6) is 11.9 Å². The van der Waals surface area contributed by atoms with E-state index in [4.69, 9.17) is 4.74 Å². The van der Waals surface area contributed by atoms with E-state index in [0.29, 0.717) is 32.5 Å². The molecule has 3 N–H and O–H groups in total. The fourth-order valence-corrected chi connectivity index (χ4v) is 3.55. The third-order valence-electron chi connectivity index (χ3n) is 5.04. The average Bonchev–Trinajstić information content (AvgIpc) is 2.99. The Bertz CT molecular complexity index is 877. The van der Waals surface area contributed by atoms with E-state index in [2.05, 4.69) is 15.0 Å². The van der Waals surface area contributed by atoms with Gasteiger partial charge in [0, 0.05) is 13.1 Å². The van der Waals surface area contributed by atoms with Gasteiger partial charge in [0.2, 0.25) is 5.88 Å². The number of hydrogen-bond donors (Lipinski definition) is 3. The molecule has 1 atom stereocenters. The van der Waals surface area contributed by atoms with Crippen LogP contribution in [0.25, 0.3) is 11.2 Å². The molecule has 1 fully saturated rings. The highest BCUT2D eigenvalue weighted by Crippen LogP contribution is 2.22. The lowest BCUT2D eigenvalue weighted by atomic mass is 10.0. The number of imidazole rings is 1. The third-order valence-corrected chi connectivity index (χ3v) is 5.04. The van der Waals surface area contributed by atoms with Gasteiger partial charge in [-0.25, -0.2) is 4.79 Å². The van der Waals surface area contributed by atoms with Gasteiger partial charge in [0.05, 0.1) is 6.61 Å². The van der Waals surface area contributed by atoms with Gasteiger partial charge < -0.3 is 14.9 Å². The number of likely N-dealkylation sites (tertiary alicyclic amines) is 1. The molecular formula is C18H27N5O5. The predicted molar refractivity (Wildman–Crippen MR) is 102 cm³/mol. The van der Waals surface area contributed by atoms with Crippen LogP contribution in [0, 0.1) is 0 Å². The number of rotatable bonds is 9. The highest BCUT2D eigenvalue weighted by molar-refractivity contribution is 5.76. The molecule has 0 amide bonds. The summed E-state index contributed by atoms with van der Waals surface area (Å²) >= 11 is 0. The molecule has 0 aliphatic carbocycles. The van der Waals surface area contributed by atoms with Gasteiger partial charge in [-0.15, -0.1) is 0 Å². The molecular weight excluding hydrogens is 366 g/mol. The van der Waals surface area contributed by atoms with E-state index in [0.717, 1.165) is 32.2 Å². The van der Waals surface area contributed by atoms with Crippen LogP contribution in [-0.2, 0) is 11.3 Å². The van der Waals surface area contributed by atoms with Crippen molar-refractivity contribution in [1.29, 1.82) is 0 Å². The summed E-state index contributed by atoms with van der Waals surface area (Å²) in [7, 11) is 0. The Hall–Kier alpha value is -2.62. The summed E-state index contributed by atoms with van der Waals surface area (Å²) in [6.07, 6.45) is 4.94. The van der Waals surface area contributed by atoms with E-state index < -0.39 is 17.7 Å². The van der Waals surface area contributed by atoms with E-state index in [9.17, 15) is 19.8 Å². The summed E-state index contributed by atoms with van der Waals surface area (Å²) in [6, 6.07) is -0.424. The molecule has 10 heteroatoms. The first-order valence-corrected chi connectivity index (χ1v) is 9.80.